The molecule has 248 valence electrons. The van der Waals surface area contributed by atoms with Gasteiger partial charge >= 0.3 is 0 Å². The summed E-state index contributed by atoms with van der Waals surface area (Å²) in [6, 6.07) is 29.1. The molecule has 5 aromatic rings. The number of anilines is 1. The Hall–Kier alpha value is -3.48. The Kier molecular flexibility index (Phi) is 13.8. The maximum Gasteiger partial charge on any atom is 0.132 e. The molecule has 2 aromatic heterocycles. The molecule has 0 saturated carbocycles. The lowest BCUT2D eigenvalue weighted by Crippen LogP contribution is -2.44. The number of piperidine rings is 1. The van der Waals surface area contributed by atoms with Crippen molar-refractivity contribution in [2.24, 2.45) is 0 Å². The zero-order chi connectivity index (χ0) is 30.6. The molecule has 1 aliphatic heterocycles. The third kappa shape index (κ3) is 9.11. The molecule has 8 heteroatoms. The fraction of sp³-hybridized carbons (Fsp3) is 0.282. The van der Waals surface area contributed by atoms with Crippen LogP contribution in [0.4, 0.5) is 10.1 Å². The summed E-state index contributed by atoms with van der Waals surface area (Å²) in [5.41, 5.74) is 12.3. The van der Waals surface area contributed by atoms with Gasteiger partial charge in [-0.3, -0.25) is 14.9 Å². The Balaban J connectivity index is 0.00000200. The molecule has 3 heterocycles. The fourth-order valence-electron chi connectivity index (χ4n) is 6.31. The summed E-state index contributed by atoms with van der Waals surface area (Å²) in [6.45, 7) is 12.4. The topological polar surface area (TPSA) is 32.3 Å². The van der Waals surface area contributed by atoms with Crippen molar-refractivity contribution in [1.82, 2.24) is 14.9 Å². The molecule has 0 radical (unpaired) electrons. The van der Waals surface area contributed by atoms with Crippen LogP contribution in [0.2, 0.25) is 0 Å². The van der Waals surface area contributed by atoms with Gasteiger partial charge in [0.25, 0.3) is 0 Å². The van der Waals surface area contributed by atoms with Crippen LogP contribution in [0, 0.1) is 33.5 Å². The van der Waals surface area contributed by atoms with E-state index in [1.165, 1.54) is 45.1 Å². The molecule has 1 fully saturated rings. The molecule has 0 amide bonds. The smallest absolute Gasteiger partial charge is 0.132 e. The van der Waals surface area contributed by atoms with Gasteiger partial charge in [-0.2, -0.15) is 0 Å². The summed E-state index contributed by atoms with van der Waals surface area (Å²) in [6.07, 6.45) is 5.90. The van der Waals surface area contributed by atoms with Crippen molar-refractivity contribution in [2.45, 2.75) is 59.7 Å². The number of hydrogen-bond donors (Lipinski definition) is 0. The van der Waals surface area contributed by atoms with Crippen LogP contribution in [0.15, 0.2) is 97.3 Å². The van der Waals surface area contributed by atoms with Crippen LogP contribution in [0.1, 0.15) is 46.2 Å². The molecule has 0 bridgehead atoms. The van der Waals surface area contributed by atoms with Crippen LogP contribution in [0.5, 0.6) is 0 Å². The second-order valence-electron chi connectivity index (χ2n) is 12.3. The second kappa shape index (κ2) is 17.1. The molecule has 0 aliphatic carbocycles. The van der Waals surface area contributed by atoms with Crippen molar-refractivity contribution in [1.29, 1.82) is 0 Å². The lowest BCUT2D eigenvalue weighted by atomic mass is 9.98. The van der Waals surface area contributed by atoms with E-state index in [-0.39, 0.29) is 43.0 Å². The lowest BCUT2D eigenvalue weighted by Gasteiger charge is -2.40. The van der Waals surface area contributed by atoms with Crippen LogP contribution >= 0.6 is 37.2 Å². The quantitative estimate of drug-likeness (QED) is 0.162. The standard InChI is InChI=1S/C39H41FN4.3ClH/c1-27-9-11-34(12-10-27)44(26-32-14-18-42-39(24-32)36-7-5-6-8-37(36)40)35-15-19-43(20-16-35)25-31-13-17-41-38(23-31)33-21-28(2)30(4)29(3)22-33;;;/h5-14,17-18,21-24,35H,15-16,19-20,25-26H2,1-4H3;3*1H. The minimum absolute atomic E-state index is 0. The monoisotopic (exact) mass is 692 g/mol. The Bertz CT molecular complexity index is 1730. The van der Waals surface area contributed by atoms with Crippen molar-refractivity contribution in [3.8, 4) is 22.5 Å². The lowest BCUT2D eigenvalue weighted by molar-refractivity contribution is 0.201. The summed E-state index contributed by atoms with van der Waals surface area (Å²) >= 11 is 0. The predicted octanol–water partition coefficient (Wildman–Crippen LogP) is 10.1. The van der Waals surface area contributed by atoms with E-state index in [9.17, 15) is 4.39 Å². The molecule has 47 heavy (non-hydrogen) atoms. The number of rotatable bonds is 8. The number of pyridine rings is 2. The SMILES string of the molecule is Cc1ccc(N(Cc2ccnc(-c3ccccc3F)c2)C2CCN(Cc3ccnc(-c4cc(C)c(C)c(C)c4)c3)CC2)cc1.Cl.Cl.Cl. The number of hydrogen-bond acceptors (Lipinski definition) is 4. The maximum absolute atomic E-state index is 14.6. The molecule has 0 unspecified atom stereocenters. The van der Waals surface area contributed by atoms with Gasteiger partial charge in [0.1, 0.15) is 5.82 Å². The average molecular weight is 694 g/mol. The second-order valence-corrected chi connectivity index (χ2v) is 12.3. The number of likely N-dealkylation sites (tertiary alicyclic amines) is 1. The van der Waals surface area contributed by atoms with Gasteiger partial charge in [-0.25, -0.2) is 4.39 Å². The van der Waals surface area contributed by atoms with Gasteiger partial charge in [0.15, 0.2) is 0 Å². The largest absolute Gasteiger partial charge is 0.364 e. The first-order valence-electron chi connectivity index (χ1n) is 15.6. The molecule has 6 rings (SSSR count). The summed E-state index contributed by atoms with van der Waals surface area (Å²) in [5, 5.41) is 0. The molecule has 0 spiro atoms. The van der Waals surface area contributed by atoms with Crippen molar-refractivity contribution < 1.29 is 4.39 Å². The van der Waals surface area contributed by atoms with Gasteiger partial charge in [-0.1, -0.05) is 29.8 Å². The van der Waals surface area contributed by atoms with Crippen LogP contribution in [-0.2, 0) is 13.1 Å². The average Bonchev–Trinajstić information content (AvgIpc) is 3.04. The Labute approximate surface area is 297 Å². The van der Waals surface area contributed by atoms with Gasteiger partial charge in [0, 0.05) is 61.4 Å². The molecule has 0 N–H and O–H groups in total. The molecular weight excluding hydrogens is 650 g/mol. The van der Waals surface area contributed by atoms with E-state index in [2.05, 4.69) is 97.1 Å². The number of benzene rings is 3. The van der Waals surface area contributed by atoms with Gasteiger partial charge in [-0.15, -0.1) is 37.2 Å². The van der Waals surface area contributed by atoms with Crippen LogP contribution in [0.3, 0.4) is 0 Å². The first-order valence-corrected chi connectivity index (χ1v) is 15.6. The summed E-state index contributed by atoms with van der Waals surface area (Å²) in [5.74, 6) is -0.245. The Morgan fingerprint density at radius 1 is 0.723 bits per heavy atom. The molecule has 4 nitrogen and oxygen atoms in total. The fourth-order valence-corrected chi connectivity index (χ4v) is 6.31. The molecule has 1 saturated heterocycles. The molecular formula is C39H44Cl3FN4. The minimum atomic E-state index is -0.245. The van der Waals surface area contributed by atoms with Crippen molar-refractivity contribution in [3.05, 3.63) is 137 Å². The third-order valence-corrected chi connectivity index (χ3v) is 9.14. The number of aryl methyl sites for hydroxylation is 3. The highest BCUT2D eigenvalue weighted by molar-refractivity contribution is 5.86. The summed E-state index contributed by atoms with van der Waals surface area (Å²) in [4.78, 5) is 14.3. The van der Waals surface area contributed by atoms with Gasteiger partial charge in [0.05, 0.1) is 11.4 Å². The first kappa shape index (κ1) is 38.0. The highest BCUT2D eigenvalue weighted by Crippen LogP contribution is 2.29. The maximum atomic E-state index is 14.6. The zero-order valence-electron chi connectivity index (χ0n) is 27.4. The first-order chi connectivity index (χ1) is 21.3. The number of halogens is 4. The van der Waals surface area contributed by atoms with Crippen molar-refractivity contribution in [2.75, 3.05) is 18.0 Å². The van der Waals surface area contributed by atoms with E-state index in [4.69, 9.17) is 4.98 Å². The van der Waals surface area contributed by atoms with E-state index >= 15 is 0 Å². The Morgan fingerprint density at radius 3 is 1.98 bits per heavy atom. The predicted molar refractivity (Wildman–Crippen MR) is 201 cm³/mol. The minimum Gasteiger partial charge on any atom is -0.364 e. The van der Waals surface area contributed by atoms with E-state index in [0.717, 1.165) is 50.3 Å². The molecule has 1 aliphatic rings. The number of aromatic nitrogens is 2. The third-order valence-electron chi connectivity index (χ3n) is 9.14. The van der Waals surface area contributed by atoms with E-state index in [0.29, 0.717) is 17.3 Å². The van der Waals surface area contributed by atoms with E-state index in [1.54, 1.807) is 18.3 Å². The van der Waals surface area contributed by atoms with E-state index in [1.807, 2.05) is 18.3 Å². The molecule has 0 atom stereocenters. The van der Waals surface area contributed by atoms with Gasteiger partial charge < -0.3 is 4.90 Å². The highest BCUT2D eigenvalue weighted by Gasteiger charge is 2.26. The van der Waals surface area contributed by atoms with Crippen LogP contribution in [-0.4, -0.2) is 34.0 Å². The Morgan fingerprint density at radius 2 is 1.32 bits per heavy atom. The van der Waals surface area contributed by atoms with Gasteiger partial charge in [-0.05, 0) is 129 Å². The molecule has 3 aromatic carbocycles. The van der Waals surface area contributed by atoms with Crippen molar-refractivity contribution in [3.63, 3.8) is 0 Å². The van der Waals surface area contributed by atoms with Crippen LogP contribution in [0.25, 0.3) is 22.5 Å². The highest BCUT2D eigenvalue weighted by atomic mass is 35.5. The summed E-state index contributed by atoms with van der Waals surface area (Å²) in [7, 11) is 0. The summed E-state index contributed by atoms with van der Waals surface area (Å²) < 4.78 is 14.6. The normalized spacial score (nSPS) is 13.2. The number of nitrogens with zero attached hydrogens (tertiary/aromatic N) is 4. The van der Waals surface area contributed by atoms with Crippen molar-refractivity contribution >= 4 is 42.9 Å². The zero-order valence-corrected chi connectivity index (χ0v) is 29.9. The van der Waals surface area contributed by atoms with Crippen LogP contribution < -0.4 is 4.90 Å². The van der Waals surface area contributed by atoms with E-state index < -0.39 is 0 Å². The van der Waals surface area contributed by atoms with Gasteiger partial charge in [0.2, 0.25) is 0 Å².